The van der Waals surface area contributed by atoms with Gasteiger partial charge in [0, 0.05) is 24.7 Å². The van der Waals surface area contributed by atoms with Crippen molar-refractivity contribution in [2.24, 2.45) is 0 Å². The van der Waals surface area contributed by atoms with Gasteiger partial charge < -0.3 is 5.11 Å². The van der Waals surface area contributed by atoms with Crippen LogP contribution in [0.15, 0.2) is 0 Å². The summed E-state index contributed by atoms with van der Waals surface area (Å²) in [5.74, 6) is 1.82. The van der Waals surface area contributed by atoms with Crippen LogP contribution in [0.2, 0.25) is 0 Å². The monoisotopic (exact) mass is 195 g/mol. The van der Waals surface area contributed by atoms with E-state index < -0.39 is 0 Å². The zero-order chi connectivity index (χ0) is 8.10. The summed E-state index contributed by atoms with van der Waals surface area (Å²) >= 11 is 7.34. The Morgan fingerprint density at radius 2 is 2.45 bits per heavy atom. The van der Waals surface area contributed by atoms with Crippen molar-refractivity contribution in [1.82, 2.24) is 4.31 Å². The zero-order valence-corrected chi connectivity index (χ0v) is 8.07. The number of rotatable bonds is 4. The van der Waals surface area contributed by atoms with Crippen LogP contribution in [0, 0.1) is 0 Å². The molecule has 11 heavy (non-hydrogen) atoms. The Morgan fingerprint density at radius 3 is 3.00 bits per heavy atom. The molecular weight excluding hydrogens is 182 g/mol. The van der Waals surface area contributed by atoms with E-state index in [-0.39, 0.29) is 6.10 Å². The molecule has 0 bridgehead atoms. The van der Waals surface area contributed by atoms with Gasteiger partial charge in [0.05, 0.1) is 6.10 Å². The summed E-state index contributed by atoms with van der Waals surface area (Å²) in [5, 5.41) is 9.18. The third-order valence-electron chi connectivity index (χ3n) is 1.68. The fraction of sp³-hybridized carbons (Fsp3) is 1.00. The van der Waals surface area contributed by atoms with E-state index in [1.165, 1.54) is 0 Å². The Bertz CT molecular complexity index is 115. The lowest BCUT2D eigenvalue weighted by Crippen LogP contribution is -2.14. The molecule has 0 aliphatic carbocycles. The molecule has 2 nitrogen and oxygen atoms in total. The van der Waals surface area contributed by atoms with Crippen molar-refractivity contribution in [1.29, 1.82) is 0 Å². The molecule has 0 amide bonds. The van der Waals surface area contributed by atoms with E-state index in [2.05, 4.69) is 4.31 Å². The highest BCUT2D eigenvalue weighted by Crippen LogP contribution is 2.19. The summed E-state index contributed by atoms with van der Waals surface area (Å²) in [5.41, 5.74) is 0. The van der Waals surface area contributed by atoms with Crippen molar-refractivity contribution in [3.05, 3.63) is 0 Å². The predicted octanol–water partition coefficient (Wildman–Crippen LogP) is 1.33. The molecule has 1 rings (SSSR count). The Labute approximate surface area is 77.0 Å². The number of aliphatic hydroxyl groups is 1. The molecule has 0 saturated carbocycles. The van der Waals surface area contributed by atoms with E-state index >= 15 is 0 Å². The normalized spacial score (nSPS) is 26.2. The van der Waals surface area contributed by atoms with E-state index in [9.17, 15) is 5.11 Å². The van der Waals surface area contributed by atoms with Crippen molar-refractivity contribution >= 4 is 23.5 Å². The fourth-order valence-electron chi connectivity index (χ4n) is 1.08. The molecule has 0 aromatic heterocycles. The van der Waals surface area contributed by atoms with Gasteiger partial charge in [0.2, 0.25) is 0 Å². The number of hydrogen-bond donors (Lipinski definition) is 1. The van der Waals surface area contributed by atoms with E-state index in [0.717, 1.165) is 37.6 Å². The Kier molecular flexibility index (Phi) is 4.60. The topological polar surface area (TPSA) is 23.5 Å². The van der Waals surface area contributed by atoms with Gasteiger partial charge in [-0.3, -0.25) is 0 Å². The van der Waals surface area contributed by atoms with Gasteiger partial charge in [-0.1, -0.05) is 11.9 Å². The second kappa shape index (κ2) is 5.25. The molecule has 0 aromatic rings. The molecule has 1 heterocycles. The predicted molar refractivity (Wildman–Crippen MR) is 50.0 cm³/mol. The van der Waals surface area contributed by atoms with Gasteiger partial charge in [0.1, 0.15) is 0 Å². The van der Waals surface area contributed by atoms with E-state index in [1.54, 1.807) is 11.9 Å². The van der Waals surface area contributed by atoms with Crippen LogP contribution in [0.5, 0.6) is 0 Å². The molecule has 0 radical (unpaired) electrons. The first-order chi connectivity index (χ1) is 5.33. The van der Waals surface area contributed by atoms with Crippen molar-refractivity contribution in [2.45, 2.75) is 18.9 Å². The van der Waals surface area contributed by atoms with Gasteiger partial charge in [0.25, 0.3) is 0 Å². The molecular formula is C7H14ClNOS. The smallest absolute Gasteiger partial charge is 0.0689 e. The van der Waals surface area contributed by atoms with E-state index in [0.29, 0.717) is 0 Å². The molecule has 1 saturated heterocycles. The first-order valence-electron chi connectivity index (χ1n) is 3.95. The van der Waals surface area contributed by atoms with Gasteiger partial charge in [0.15, 0.2) is 0 Å². The lowest BCUT2D eigenvalue weighted by Gasteiger charge is -2.12. The molecule has 1 aliphatic rings. The first kappa shape index (κ1) is 9.65. The summed E-state index contributed by atoms with van der Waals surface area (Å²) in [4.78, 5) is 0. The molecule has 1 unspecified atom stereocenters. The highest BCUT2D eigenvalue weighted by molar-refractivity contribution is 7.97. The number of hydrogen-bond acceptors (Lipinski definition) is 3. The maximum atomic E-state index is 9.18. The molecule has 1 atom stereocenters. The molecule has 4 heteroatoms. The molecule has 0 spiro atoms. The van der Waals surface area contributed by atoms with Crippen LogP contribution in [-0.2, 0) is 0 Å². The summed E-state index contributed by atoms with van der Waals surface area (Å²) in [6.45, 7) is 1.85. The lowest BCUT2D eigenvalue weighted by atomic mass is 10.3. The van der Waals surface area contributed by atoms with Gasteiger partial charge in [-0.25, -0.2) is 4.31 Å². The quantitative estimate of drug-likeness (QED) is 0.416. The first-order valence-corrected chi connectivity index (χ1v) is 5.42. The zero-order valence-electron chi connectivity index (χ0n) is 6.50. The Balaban J connectivity index is 1.99. The standard InChI is InChI=1S/C7H14ClNOS/c8-3-1-5-11-9-4-2-7(10)6-9/h7,10H,1-6H2. The minimum atomic E-state index is -0.0986. The van der Waals surface area contributed by atoms with E-state index in [4.69, 9.17) is 11.6 Å². The number of nitrogens with zero attached hydrogens (tertiary/aromatic N) is 1. The van der Waals surface area contributed by atoms with Crippen molar-refractivity contribution in [3.63, 3.8) is 0 Å². The third-order valence-corrected chi connectivity index (χ3v) is 3.11. The summed E-state index contributed by atoms with van der Waals surface area (Å²) in [7, 11) is 0. The van der Waals surface area contributed by atoms with Crippen LogP contribution in [0.3, 0.4) is 0 Å². The van der Waals surface area contributed by atoms with Gasteiger partial charge in [-0.2, -0.15) is 0 Å². The van der Waals surface area contributed by atoms with Crippen LogP contribution in [-0.4, -0.2) is 40.2 Å². The van der Waals surface area contributed by atoms with Gasteiger partial charge in [-0.05, 0) is 12.8 Å². The highest BCUT2D eigenvalue weighted by Gasteiger charge is 2.19. The number of aliphatic hydroxyl groups excluding tert-OH is 1. The average molecular weight is 196 g/mol. The Morgan fingerprint density at radius 1 is 1.64 bits per heavy atom. The van der Waals surface area contributed by atoms with E-state index in [1.807, 2.05) is 0 Å². The van der Waals surface area contributed by atoms with Crippen LogP contribution in [0.1, 0.15) is 12.8 Å². The van der Waals surface area contributed by atoms with Crippen LogP contribution >= 0.6 is 23.5 Å². The van der Waals surface area contributed by atoms with Crippen molar-refractivity contribution in [2.75, 3.05) is 24.7 Å². The van der Waals surface area contributed by atoms with Gasteiger partial charge >= 0.3 is 0 Å². The minimum Gasteiger partial charge on any atom is -0.392 e. The maximum Gasteiger partial charge on any atom is 0.0689 e. The summed E-state index contributed by atoms with van der Waals surface area (Å²) in [6, 6.07) is 0. The second-order valence-electron chi connectivity index (χ2n) is 2.71. The van der Waals surface area contributed by atoms with Crippen LogP contribution in [0.4, 0.5) is 0 Å². The summed E-state index contributed by atoms with van der Waals surface area (Å²) in [6.07, 6.45) is 1.88. The van der Waals surface area contributed by atoms with Crippen molar-refractivity contribution in [3.8, 4) is 0 Å². The molecule has 0 aromatic carbocycles. The molecule has 1 fully saturated rings. The molecule has 1 N–H and O–H groups in total. The average Bonchev–Trinajstić information content (AvgIpc) is 2.37. The third kappa shape index (κ3) is 3.65. The largest absolute Gasteiger partial charge is 0.392 e. The molecule has 66 valence electrons. The Hall–Kier alpha value is 0.560. The van der Waals surface area contributed by atoms with Crippen LogP contribution < -0.4 is 0 Å². The van der Waals surface area contributed by atoms with Crippen LogP contribution in [0.25, 0.3) is 0 Å². The SMILES string of the molecule is OC1CCN(SCCCCl)C1. The maximum absolute atomic E-state index is 9.18. The van der Waals surface area contributed by atoms with Crippen molar-refractivity contribution < 1.29 is 5.11 Å². The minimum absolute atomic E-state index is 0.0986. The highest BCUT2D eigenvalue weighted by atomic mass is 35.5. The summed E-state index contributed by atoms with van der Waals surface area (Å²) < 4.78 is 2.22. The fourth-order valence-corrected chi connectivity index (χ4v) is 2.41. The number of β-amino-alcohol motifs (C(OH)–C–C–N with tert-alkyl or cyclic N) is 1. The lowest BCUT2D eigenvalue weighted by molar-refractivity contribution is 0.190. The molecule has 1 aliphatic heterocycles. The second-order valence-corrected chi connectivity index (χ2v) is 4.27. The number of alkyl halides is 1. The number of halogens is 1. The van der Waals surface area contributed by atoms with Gasteiger partial charge in [-0.15, -0.1) is 11.6 Å².